The minimum Gasteiger partial charge on any atom is -0.381 e. The number of hydrogen-bond acceptors (Lipinski definition) is 3. The van der Waals surface area contributed by atoms with Crippen LogP contribution >= 0.6 is 15.9 Å². The minimum absolute atomic E-state index is 0.693. The van der Waals surface area contributed by atoms with Gasteiger partial charge in [-0.2, -0.15) is 0 Å². The molecular weight excluding hydrogens is 314 g/mol. The first-order chi connectivity index (χ1) is 9.56. The molecule has 102 valence electrons. The number of allylic oxidation sites excluding steroid dienone is 3. The van der Waals surface area contributed by atoms with Gasteiger partial charge in [-0.1, -0.05) is 35.2 Å². The van der Waals surface area contributed by atoms with E-state index in [1.165, 1.54) is 0 Å². The highest BCUT2D eigenvalue weighted by molar-refractivity contribution is 9.12. The van der Waals surface area contributed by atoms with Crippen LogP contribution in [-0.4, -0.2) is 9.97 Å². The summed E-state index contributed by atoms with van der Waals surface area (Å²) in [5, 5.41) is 3.26. The molecule has 3 nitrogen and oxygen atoms in total. The topological polar surface area (TPSA) is 37.8 Å². The van der Waals surface area contributed by atoms with Crippen molar-refractivity contribution in [3.05, 3.63) is 71.1 Å². The van der Waals surface area contributed by atoms with E-state index in [4.69, 9.17) is 0 Å². The summed E-state index contributed by atoms with van der Waals surface area (Å²) in [6.45, 7) is 10.5. The third-order valence-electron chi connectivity index (χ3n) is 2.76. The molecule has 2 aromatic rings. The largest absolute Gasteiger partial charge is 0.381 e. The number of rotatable bonds is 5. The summed E-state index contributed by atoms with van der Waals surface area (Å²) in [6, 6.07) is 6.04. The van der Waals surface area contributed by atoms with E-state index in [0.29, 0.717) is 6.54 Å². The predicted octanol–water partition coefficient (Wildman–Crippen LogP) is 4.09. The van der Waals surface area contributed by atoms with Crippen molar-refractivity contribution in [2.24, 2.45) is 0 Å². The van der Waals surface area contributed by atoms with Crippen LogP contribution in [0.3, 0.4) is 0 Å². The number of nitrogens with one attached hydrogen (secondary N) is 1. The van der Waals surface area contributed by atoms with Gasteiger partial charge in [0.2, 0.25) is 0 Å². The summed E-state index contributed by atoms with van der Waals surface area (Å²) in [7, 11) is 0. The third kappa shape index (κ3) is 3.78. The third-order valence-corrected chi connectivity index (χ3v) is 3.67. The van der Waals surface area contributed by atoms with Crippen molar-refractivity contribution < 1.29 is 0 Å². The molecule has 0 unspecified atom stereocenters. The molecule has 0 spiro atoms. The van der Waals surface area contributed by atoms with Gasteiger partial charge in [0.05, 0.1) is 11.0 Å². The number of benzene rings is 1. The zero-order valence-electron chi connectivity index (χ0n) is 11.4. The van der Waals surface area contributed by atoms with Crippen LogP contribution in [0, 0.1) is 0 Å². The van der Waals surface area contributed by atoms with E-state index in [-0.39, 0.29) is 0 Å². The Hall–Kier alpha value is -1.94. The zero-order chi connectivity index (χ0) is 14.5. The van der Waals surface area contributed by atoms with E-state index in [1.807, 2.05) is 31.2 Å². The normalized spacial score (nSPS) is 11.4. The maximum atomic E-state index is 4.30. The first-order valence-corrected chi connectivity index (χ1v) is 7.01. The Morgan fingerprint density at radius 1 is 1.25 bits per heavy atom. The van der Waals surface area contributed by atoms with Gasteiger partial charge in [0.25, 0.3) is 0 Å². The van der Waals surface area contributed by atoms with Crippen LogP contribution in [0.5, 0.6) is 0 Å². The number of aromatic nitrogens is 2. The van der Waals surface area contributed by atoms with Crippen LogP contribution in [0.1, 0.15) is 12.5 Å². The van der Waals surface area contributed by atoms with Crippen LogP contribution < -0.4 is 5.32 Å². The molecule has 1 aromatic carbocycles. The standard InChI is InChI=1S/C16H16BrN3/c1-11(2)14(17)8-12(3)20-10-13-4-5-15-16(9-13)19-7-6-18-15/h4-9,20H,1,3,10H2,2H3. The molecule has 0 fully saturated rings. The molecule has 0 amide bonds. The fourth-order valence-electron chi connectivity index (χ4n) is 1.66. The van der Waals surface area contributed by atoms with Crippen molar-refractivity contribution in [3.63, 3.8) is 0 Å². The van der Waals surface area contributed by atoms with E-state index >= 15 is 0 Å². The van der Waals surface area contributed by atoms with Gasteiger partial charge in [0, 0.05) is 29.1 Å². The van der Waals surface area contributed by atoms with E-state index in [1.54, 1.807) is 12.4 Å². The Labute approximate surface area is 127 Å². The Morgan fingerprint density at radius 2 is 1.95 bits per heavy atom. The van der Waals surface area contributed by atoms with E-state index < -0.39 is 0 Å². The number of fused-ring (bicyclic) bond motifs is 1. The lowest BCUT2D eigenvalue weighted by Crippen LogP contribution is -2.10. The second-order valence-electron chi connectivity index (χ2n) is 4.53. The molecule has 4 heteroatoms. The lowest BCUT2D eigenvalue weighted by molar-refractivity contribution is 0.837. The lowest BCUT2D eigenvalue weighted by atomic mass is 10.2. The quantitative estimate of drug-likeness (QED) is 0.839. The average Bonchev–Trinajstić information content (AvgIpc) is 2.44. The van der Waals surface area contributed by atoms with E-state index in [9.17, 15) is 0 Å². The fraction of sp³-hybridized carbons (Fsp3) is 0.125. The van der Waals surface area contributed by atoms with Crippen LogP contribution in [0.2, 0.25) is 0 Å². The van der Waals surface area contributed by atoms with Crippen molar-refractivity contribution in [1.29, 1.82) is 0 Å². The highest BCUT2D eigenvalue weighted by Crippen LogP contribution is 2.16. The van der Waals surface area contributed by atoms with Crippen molar-refractivity contribution in [2.75, 3.05) is 0 Å². The summed E-state index contributed by atoms with van der Waals surface area (Å²) in [5.74, 6) is 0. The van der Waals surface area contributed by atoms with Gasteiger partial charge in [0.1, 0.15) is 0 Å². The Morgan fingerprint density at radius 3 is 2.65 bits per heavy atom. The molecule has 0 saturated carbocycles. The first-order valence-electron chi connectivity index (χ1n) is 6.22. The molecule has 1 heterocycles. The maximum absolute atomic E-state index is 4.30. The molecule has 0 bridgehead atoms. The SMILES string of the molecule is C=C(C=C(Br)C(=C)C)NCc1ccc2nccnc2c1. The summed E-state index contributed by atoms with van der Waals surface area (Å²) < 4.78 is 0.944. The van der Waals surface area contributed by atoms with Gasteiger partial charge < -0.3 is 5.32 Å². The van der Waals surface area contributed by atoms with Crippen LogP contribution in [-0.2, 0) is 6.54 Å². The molecule has 1 aromatic heterocycles. The molecule has 0 atom stereocenters. The molecule has 1 N–H and O–H groups in total. The number of hydrogen-bond donors (Lipinski definition) is 1. The smallest absolute Gasteiger partial charge is 0.0890 e. The van der Waals surface area contributed by atoms with Crippen molar-refractivity contribution in [2.45, 2.75) is 13.5 Å². The summed E-state index contributed by atoms with van der Waals surface area (Å²) in [4.78, 5) is 8.55. The van der Waals surface area contributed by atoms with Crippen LogP contribution in [0.15, 0.2) is 65.6 Å². The molecule has 0 saturated heterocycles. The average molecular weight is 330 g/mol. The van der Waals surface area contributed by atoms with Gasteiger partial charge in [-0.25, -0.2) is 0 Å². The molecule has 2 rings (SSSR count). The van der Waals surface area contributed by atoms with Crippen molar-refractivity contribution in [1.82, 2.24) is 15.3 Å². The Bertz CT molecular complexity index is 689. The van der Waals surface area contributed by atoms with E-state index in [0.717, 1.165) is 32.3 Å². The summed E-state index contributed by atoms with van der Waals surface area (Å²) in [6.07, 6.45) is 5.32. The lowest BCUT2D eigenvalue weighted by Gasteiger charge is -2.08. The number of nitrogens with zero attached hydrogens (tertiary/aromatic N) is 2. The first kappa shape index (κ1) is 14.5. The summed E-state index contributed by atoms with van der Waals surface area (Å²) in [5.41, 5.74) is 4.74. The second-order valence-corrected chi connectivity index (χ2v) is 5.39. The van der Waals surface area contributed by atoms with E-state index in [2.05, 4.69) is 44.4 Å². The van der Waals surface area contributed by atoms with Gasteiger partial charge in [0.15, 0.2) is 0 Å². The highest BCUT2D eigenvalue weighted by Gasteiger charge is 1.99. The van der Waals surface area contributed by atoms with Crippen molar-refractivity contribution >= 4 is 27.0 Å². The minimum atomic E-state index is 0.693. The predicted molar refractivity (Wildman–Crippen MR) is 87.3 cm³/mol. The molecular formula is C16H16BrN3. The molecule has 0 aliphatic carbocycles. The van der Waals surface area contributed by atoms with Gasteiger partial charge in [-0.3, -0.25) is 9.97 Å². The molecule has 0 radical (unpaired) electrons. The second kappa shape index (κ2) is 6.48. The van der Waals surface area contributed by atoms with Crippen LogP contribution in [0.25, 0.3) is 11.0 Å². The molecule has 0 aliphatic rings. The van der Waals surface area contributed by atoms with Gasteiger partial charge >= 0.3 is 0 Å². The van der Waals surface area contributed by atoms with Gasteiger partial charge in [-0.15, -0.1) is 0 Å². The molecule has 20 heavy (non-hydrogen) atoms. The highest BCUT2D eigenvalue weighted by atomic mass is 79.9. The number of halogens is 1. The van der Waals surface area contributed by atoms with Crippen molar-refractivity contribution in [3.8, 4) is 0 Å². The fourth-order valence-corrected chi connectivity index (χ4v) is 1.94. The summed E-state index contributed by atoms with van der Waals surface area (Å²) >= 11 is 3.44. The molecule has 0 aliphatic heterocycles. The Balaban J connectivity index is 2.04. The van der Waals surface area contributed by atoms with Gasteiger partial charge in [-0.05, 0) is 36.3 Å². The zero-order valence-corrected chi connectivity index (χ0v) is 12.9. The maximum Gasteiger partial charge on any atom is 0.0890 e. The Kier molecular flexibility index (Phi) is 4.69. The van der Waals surface area contributed by atoms with Crippen LogP contribution in [0.4, 0.5) is 0 Å². The monoisotopic (exact) mass is 329 g/mol.